The Morgan fingerprint density at radius 2 is 1.84 bits per heavy atom. The Morgan fingerprint density at radius 1 is 1.06 bits per heavy atom. The minimum absolute atomic E-state index is 0.0626. The zero-order valence-corrected chi connectivity index (χ0v) is 19.9. The summed E-state index contributed by atoms with van der Waals surface area (Å²) in [6.07, 6.45) is 0. The second-order valence-electron chi connectivity index (χ2n) is 7.92. The molecule has 0 aliphatic rings. The van der Waals surface area contributed by atoms with E-state index >= 15 is 0 Å². The molecule has 0 radical (unpaired) electrons. The highest BCUT2D eigenvalue weighted by Crippen LogP contribution is 2.34. The predicted octanol–water partition coefficient (Wildman–Crippen LogP) is 6.04. The molecular weight excluding hydrogens is 428 g/mol. The van der Waals surface area contributed by atoms with Crippen LogP contribution in [0.15, 0.2) is 36.4 Å². The summed E-state index contributed by atoms with van der Waals surface area (Å²) < 4.78 is 2.95. The number of carbonyl (C=O) groups is 1. The third-order valence-corrected chi connectivity index (χ3v) is 7.06. The maximum Gasteiger partial charge on any atom is 0.260 e. The van der Waals surface area contributed by atoms with Gasteiger partial charge in [0.25, 0.3) is 5.91 Å². The minimum Gasteiger partial charge on any atom is -0.282 e. The van der Waals surface area contributed by atoms with Gasteiger partial charge in [-0.05, 0) is 81.6 Å². The van der Waals surface area contributed by atoms with Gasteiger partial charge in [-0.1, -0.05) is 29.0 Å². The summed E-state index contributed by atoms with van der Waals surface area (Å²) >= 11 is 7.81. The molecule has 1 amide bonds. The van der Waals surface area contributed by atoms with Crippen molar-refractivity contribution in [3.8, 4) is 0 Å². The first-order valence-electron chi connectivity index (χ1n) is 10.2. The van der Waals surface area contributed by atoms with Crippen molar-refractivity contribution < 1.29 is 4.79 Å². The summed E-state index contributed by atoms with van der Waals surface area (Å²) in [5.41, 5.74) is 6.73. The SMILES string of the molecule is Cc1cc(C)n(CCN(C(=O)c2ccc(C)c(C)c2)c2nc3c(C)c(Cl)ccc3s2)n1. The van der Waals surface area contributed by atoms with Crippen molar-refractivity contribution in [1.29, 1.82) is 0 Å². The molecule has 0 N–H and O–H groups in total. The lowest BCUT2D eigenvalue weighted by Crippen LogP contribution is -2.34. The highest BCUT2D eigenvalue weighted by molar-refractivity contribution is 7.22. The number of benzene rings is 2. The third-order valence-electron chi connectivity index (χ3n) is 5.61. The molecule has 0 unspecified atom stereocenters. The summed E-state index contributed by atoms with van der Waals surface area (Å²) in [4.78, 5) is 20.2. The zero-order chi connectivity index (χ0) is 22.3. The van der Waals surface area contributed by atoms with Crippen molar-refractivity contribution in [2.75, 3.05) is 11.4 Å². The Bertz CT molecular complexity index is 1290. The summed E-state index contributed by atoms with van der Waals surface area (Å²) in [7, 11) is 0. The predicted molar refractivity (Wildman–Crippen MR) is 129 cm³/mol. The molecule has 31 heavy (non-hydrogen) atoms. The van der Waals surface area contributed by atoms with Crippen LogP contribution in [-0.2, 0) is 6.54 Å². The van der Waals surface area contributed by atoms with E-state index in [9.17, 15) is 4.79 Å². The van der Waals surface area contributed by atoms with Crippen molar-refractivity contribution in [3.05, 3.63) is 75.1 Å². The summed E-state index contributed by atoms with van der Waals surface area (Å²) in [5.74, 6) is -0.0626. The molecule has 160 valence electrons. The number of thiazole rings is 1. The average Bonchev–Trinajstić information content (AvgIpc) is 3.30. The van der Waals surface area contributed by atoms with Crippen LogP contribution in [0.2, 0.25) is 5.02 Å². The molecule has 0 fully saturated rings. The maximum atomic E-state index is 13.6. The van der Waals surface area contributed by atoms with Crippen LogP contribution in [-0.4, -0.2) is 27.2 Å². The molecule has 0 saturated carbocycles. The monoisotopic (exact) mass is 452 g/mol. The fourth-order valence-electron chi connectivity index (χ4n) is 3.61. The summed E-state index contributed by atoms with van der Waals surface area (Å²) in [6, 6.07) is 11.7. The first-order chi connectivity index (χ1) is 14.7. The topological polar surface area (TPSA) is 51.0 Å². The van der Waals surface area contributed by atoms with Gasteiger partial charge in [-0.2, -0.15) is 5.10 Å². The number of aryl methyl sites for hydroxylation is 5. The van der Waals surface area contributed by atoms with Crippen molar-refractivity contribution >= 4 is 44.2 Å². The van der Waals surface area contributed by atoms with E-state index in [4.69, 9.17) is 16.6 Å². The second-order valence-corrected chi connectivity index (χ2v) is 9.34. The van der Waals surface area contributed by atoms with Crippen LogP contribution in [0.5, 0.6) is 0 Å². The molecule has 0 bridgehead atoms. The van der Waals surface area contributed by atoms with Crippen LogP contribution in [0.25, 0.3) is 10.2 Å². The van der Waals surface area contributed by atoms with E-state index in [-0.39, 0.29) is 5.91 Å². The fourth-order valence-corrected chi connectivity index (χ4v) is 4.82. The van der Waals surface area contributed by atoms with Gasteiger partial charge in [0.2, 0.25) is 0 Å². The lowest BCUT2D eigenvalue weighted by Gasteiger charge is -2.21. The summed E-state index contributed by atoms with van der Waals surface area (Å²) in [6.45, 7) is 11.1. The smallest absolute Gasteiger partial charge is 0.260 e. The molecule has 0 spiro atoms. The molecule has 4 aromatic rings. The highest BCUT2D eigenvalue weighted by Gasteiger charge is 2.23. The molecule has 2 heterocycles. The quantitative estimate of drug-likeness (QED) is 0.371. The van der Waals surface area contributed by atoms with E-state index in [1.807, 2.05) is 75.7 Å². The third kappa shape index (κ3) is 4.23. The first kappa shape index (κ1) is 21.5. The molecule has 0 aliphatic carbocycles. The number of rotatable bonds is 5. The van der Waals surface area contributed by atoms with Gasteiger partial charge in [0.05, 0.1) is 22.5 Å². The molecular formula is C24H25ClN4OS. The van der Waals surface area contributed by atoms with Crippen LogP contribution < -0.4 is 4.90 Å². The number of fused-ring (bicyclic) bond motifs is 1. The van der Waals surface area contributed by atoms with E-state index in [0.717, 1.165) is 38.3 Å². The van der Waals surface area contributed by atoms with E-state index in [0.29, 0.717) is 28.8 Å². The molecule has 2 aromatic carbocycles. The van der Waals surface area contributed by atoms with E-state index in [1.54, 1.807) is 4.90 Å². The number of anilines is 1. The number of nitrogens with zero attached hydrogens (tertiary/aromatic N) is 4. The summed E-state index contributed by atoms with van der Waals surface area (Å²) in [5, 5.41) is 5.90. The normalized spacial score (nSPS) is 11.3. The van der Waals surface area contributed by atoms with Gasteiger partial charge in [-0.15, -0.1) is 0 Å². The number of halogens is 1. The van der Waals surface area contributed by atoms with Crippen LogP contribution in [0.3, 0.4) is 0 Å². The van der Waals surface area contributed by atoms with Crippen molar-refractivity contribution in [3.63, 3.8) is 0 Å². The van der Waals surface area contributed by atoms with Gasteiger partial charge in [0.15, 0.2) is 5.13 Å². The van der Waals surface area contributed by atoms with Gasteiger partial charge in [-0.25, -0.2) is 4.98 Å². The van der Waals surface area contributed by atoms with Crippen molar-refractivity contribution in [2.24, 2.45) is 0 Å². The van der Waals surface area contributed by atoms with Crippen LogP contribution in [0, 0.1) is 34.6 Å². The Hall–Kier alpha value is -2.70. The van der Waals surface area contributed by atoms with Gasteiger partial charge >= 0.3 is 0 Å². The van der Waals surface area contributed by atoms with E-state index in [2.05, 4.69) is 5.10 Å². The first-order valence-corrected chi connectivity index (χ1v) is 11.4. The van der Waals surface area contributed by atoms with Crippen LogP contribution in [0.1, 0.15) is 38.4 Å². The number of hydrogen-bond donors (Lipinski definition) is 0. The molecule has 0 saturated heterocycles. The lowest BCUT2D eigenvalue weighted by atomic mass is 10.1. The Morgan fingerprint density at radius 3 is 2.52 bits per heavy atom. The Kier molecular flexibility index (Phi) is 5.86. The fraction of sp³-hybridized carbons (Fsp3) is 0.292. The van der Waals surface area contributed by atoms with Crippen LogP contribution in [0.4, 0.5) is 5.13 Å². The standard InChI is InChI=1S/C24H25ClN4OS/c1-14-6-7-19(12-15(14)2)23(30)28(10-11-29-17(4)13-16(3)27-29)24-26-22-18(5)20(25)8-9-21(22)31-24/h6-9,12-13H,10-11H2,1-5H3. The van der Waals surface area contributed by atoms with Crippen LogP contribution >= 0.6 is 22.9 Å². The van der Waals surface area contributed by atoms with Gasteiger partial charge in [0, 0.05) is 22.8 Å². The molecule has 7 heteroatoms. The molecule has 5 nitrogen and oxygen atoms in total. The number of hydrogen-bond acceptors (Lipinski definition) is 4. The molecule has 4 rings (SSSR count). The zero-order valence-electron chi connectivity index (χ0n) is 18.4. The number of carbonyl (C=O) groups excluding carboxylic acids is 1. The molecule has 0 atom stereocenters. The van der Waals surface area contributed by atoms with Crippen molar-refractivity contribution in [1.82, 2.24) is 14.8 Å². The van der Waals surface area contributed by atoms with Gasteiger partial charge in [0.1, 0.15) is 0 Å². The lowest BCUT2D eigenvalue weighted by molar-refractivity contribution is 0.0985. The highest BCUT2D eigenvalue weighted by atomic mass is 35.5. The molecule has 2 aromatic heterocycles. The van der Waals surface area contributed by atoms with Gasteiger partial charge in [-0.3, -0.25) is 14.4 Å². The molecule has 0 aliphatic heterocycles. The average molecular weight is 453 g/mol. The number of amides is 1. The van der Waals surface area contributed by atoms with E-state index in [1.165, 1.54) is 11.3 Å². The largest absolute Gasteiger partial charge is 0.282 e. The van der Waals surface area contributed by atoms with E-state index < -0.39 is 0 Å². The van der Waals surface area contributed by atoms with Gasteiger partial charge < -0.3 is 0 Å². The maximum absolute atomic E-state index is 13.6. The van der Waals surface area contributed by atoms with Crippen molar-refractivity contribution in [2.45, 2.75) is 41.2 Å². The Labute approximate surface area is 191 Å². The Balaban J connectivity index is 1.74. The minimum atomic E-state index is -0.0626. The second kappa shape index (κ2) is 8.44. The number of aromatic nitrogens is 3.